The zero-order chi connectivity index (χ0) is 15.9. The minimum atomic E-state index is -0.943. The van der Waals surface area contributed by atoms with Gasteiger partial charge in [-0.1, -0.05) is 18.2 Å². The van der Waals surface area contributed by atoms with Gasteiger partial charge in [-0.05, 0) is 23.9 Å². The number of carboxylic acid groups (broad SMARTS) is 1. The van der Waals surface area contributed by atoms with Gasteiger partial charge in [0.2, 0.25) is 0 Å². The van der Waals surface area contributed by atoms with Crippen molar-refractivity contribution in [2.45, 2.75) is 6.54 Å². The first-order valence-corrected chi connectivity index (χ1v) is 7.30. The van der Waals surface area contributed by atoms with E-state index in [2.05, 4.69) is 0 Å². The predicted octanol–water partition coefficient (Wildman–Crippen LogP) is 2.39. The monoisotopic (exact) mass is 316 g/mol. The number of rotatable bonds is 3. The van der Waals surface area contributed by atoms with Crippen LogP contribution in [0.25, 0.3) is 17.0 Å². The topological polar surface area (TPSA) is 79.6 Å². The number of fused-ring (bicyclic) bond motifs is 1. The smallest absolute Gasteiger partial charge is 0.323 e. The normalized spacial score (nSPS) is 17.0. The zero-order valence-corrected chi connectivity index (χ0v) is 12.5. The number of carbonyl (C=O) groups excluding carboxylic acids is 2. The minimum absolute atomic E-state index is 0.163. The van der Waals surface area contributed by atoms with E-state index < -0.39 is 5.97 Å². The number of thioether (sulfide) groups is 1. The van der Waals surface area contributed by atoms with Gasteiger partial charge in [-0.15, -0.1) is 0 Å². The highest BCUT2D eigenvalue weighted by molar-refractivity contribution is 8.18. The Morgan fingerprint density at radius 2 is 2.05 bits per heavy atom. The first-order valence-electron chi connectivity index (χ1n) is 6.48. The minimum Gasteiger partial charge on any atom is -0.480 e. The van der Waals surface area contributed by atoms with Gasteiger partial charge >= 0.3 is 5.97 Å². The van der Waals surface area contributed by atoms with Crippen LogP contribution in [0.2, 0.25) is 0 Å². The molecule has 0 radical (unpaired) electrons. The van der Waals surface area contributed by atoms with Crippen molar-refractivity contribution in [1.82, 2.24) is 9.47 Å². The number of aliphatic carboxylic acids is 1. The van der Waals surface area contributed by atoms with Crippen molar-refractivity contribution in [1.29, 1.82) is 0 Å². The third kappa shape index (κ3) is 2.39. The maximum atomic E-state index is 12.0. The van der Waals surface area contributed by atoms with Crippen molar-refractivity contribution >= 4 is 45.9 Å². The number of aromatic nitrogens is 1. The van der Waals surface area contributed by atoms with Crippen LogP contribution in [0.4, 0.5) is 4.79 Å². The Kier molecular flexibility index (Phi) is 3.50. The molecule has 1 N–H and O–H groups in total. The third-order valence-corrected chi connectivity index (χ3v) is 4.36. The van der Waals surface area contributed by atoms with Crippen LogP contribution >= 0.6 is 11.8 Å². The molecule has 0 saturated carbocycles. The molecule has 1 aliphatic heterocycles. The highest BCUT2D eigenvalue weighted by atomic mass is 32.2. The molecule has 7 heteroatoms. The van der Waals surface area contributed by atoms with Crippen molar-refractivity contribution in [2.75, 3.05) is 7.05 Å². The number of benzene rings is 1. The molecule has 0 aliphatic carbocycles. The van der Waals surface area contributed by atoms with Gasteiger partial charge in [-0.25, -0.2) is 0 Å². The van der Waals surface area contributed by atoms with E-state index in [1.165, 1.54) is 7.05 Å². The van der Waals surface area contributed by atoms with Crippen LogP contribution in [0.3, 0.4) is 0 Å². The molecule has 112 valence electrons. The second-order valence-corrected chi connectivity index (χ2v) is 5.86. The number of hydrogen-bond acceptors (Lipinski definition) is 4. The summed E-state index contributed by atoms with van der Waals surface area (Å²) in [7, 11) is 1.44. The van der Waals surface area contributed by atoms with E-state index in [-0.39, 0.29) is 17.7 Å². The Hall–Kier alpha value is -2.54. The largest absolute Gasteiger partial charge is 0.480 e. The molecule has 0 bridgehead atoms. The molecule has 1 saturated heterocycles. The molecule has 2 amide bonds. The van der Waals surface area contributed by atoms with Crippen molar-refractivity contribution in [3.8, 4) is 0 Å². The fraction of sp³-hybridized carbons (Fsp3) is 0.133. The number of para-hydroxylation sites is 1. The standard InChI is InChI=1S/C15H12N2O4S/c1-16-14(20)12(22-15(16)21)6-9-7-17(8-13(18)19)11-5-3-2-4-10(9)11/h2-7H,8H2,1H3,(H,18,19)/b12-6-. The first-order chi connectivity index (χ1) is 10.5. The van der Waals surface area contributed by atoms with Gasteiger partial charge in [0.05, 0.1) is 4.91 Å². The van der Waals surface area contributed by atoms with Crippen molar-refractivity contribution in [3.05, 3.63) is 40.9 Å². The summed E-state index contributed by atoms with van der Waals surface area (Å²) in [6, 6.07) is 7.34. The lowest BCUT2D eigenvalue weighted by atomic mass is 10.1. The van der Waals surface area contributed by atoms with E-state index in [1.807, 2.05) is 24.3 Å². The van der Waals surface area contributed by atoms with Gasteiger partial charge in [0, 0.05) is 29.7 Å². The fourth-order valence-corrected chi connectivity index (χ4v) is 3.17. The average Bonchev–Trinajstić information content (AvgIpc) is 2.93. The molecule has 1 aromatic carbocycles. The molecule has 0 unspecified atom stereocenters. The fourth-order valence-electron chi connectivity index (χ4n) is 2.35. The molecule has 6 nitrogen and oxygen atoms in total. The van der Waals surface area contributed by atoms with E-state index >= 15 is 0 Å². The lowest BCUT2D eigenvalue weighted by Gasteiger charge is -2.00. The maximum absolute atomic E-state index is 12.0. The number of nitrogens with zero attached hydrogens (tertiary/aromatic N) is 2. The molecule has 22 heavy (non-hydrogen) atoms. The van der Waals surface area contributed by atoms with Crippen molar-refractivity contribution in [2.24, 2.45) is 0 Å². The number of likely N-dealkylation sites (N-methyl/N-ethyl adjacent to an activating group) is 1. The van der Waals surface area contributed by atoms with Crippen molar-refractivity contribution < 1.29 is 19.5 Å². The molecule has 1 fully saturated rings. The summed E-state index contributed by atoms with van der Waals surface area (Å²) < 4.78 is 1.61. The van der Waals surface area contributed by atoms with Gasteiger partial charge in [-0.2, -0.15) is 0 Å². The predicted molar refractivity (Wildman–Crippen MR) is 83.3 cm³/mol. The summed E-state index contributed by atoms with van der Waals surface area (Å²) in [5.74, 6) is -1.29. The summed E-state index contributed by atoms with van der Waals surface area (Å²) in [6.45, 7) is -0.163. The van der Waals surface area contributed by atoms with Crippen LogP contribution in [0.15, 0.2) is 35.4 Å². The Bertz CT molecular complexity index is 837. The van der Waals surface area contributed by atoms with E-state index in [4.69, 9.17) is 5.11 Å². The number of carboxylic acids is 1. The van der Waals surface area contributed by atoms with Crippen LogP contribution in [-0.4, -0.2) is 38.7 Å². The maximum Gasteiger partial charge on any atom is 0.323 e. The van der Waals surface area contributed by atoms with E-state index in [0.717, 1.165) is 33.1 Å². The highest BCUT2D eigenvalue weighted by Gasteiger charge is 2.32. The molecular weight excluding hydrogens is 304 g/mol. The third-order valence-electron chi connectivity index (χ3n) is 3.40. The first kappa shape index (κ1) is 14.4. The summed E-state index contributed by atoms with van der Waals surface area (Å²) in [5.41, 5.74) is 1.49. The number of hydrogen-bond donors (Lipinski definition) is 1. The van der Waals surface area contributed by atoms with Gasteiger partial charge < -0.3 is 9.67 Å². The second-order valence-electron chi connectivity index (χ2n) is 4.86. The van der Waals surface area contributed by atoms with Crippen LogP contribution in [0.5, 0.6) is 0 Å². The van der Waals surface area contributed by atoms with Gasteiger partial charge in [-0.3, -0.25) is 19.3 Å². The molecule has 2 heterocycles. The summed E-state index contributed by atoms with van der Waals surface area (Å²) >= 11 is 0.881. The molecule has 1 aliphatic rings. The zero-order valence-electron chi connectivity index (χ0n) is 11.6. The van der Waals surface area contributed by atoms with E-state index in [9.17, 15) is 14.4 Å². The Morgan fingerprint density at radius 3 is 2.68 bits per heavy atom. The average molecular weight is 316 g/mol. The van der Waals surface area contributed by atoms with Crippen LogP contribution < -0.4 is 0 Å². The Morgan fingerprint density at radius 1 is 1.32 bits per heavy atom. The van der Waals surface area contributed by atoms with Gasteiger partial charge in [0.1, 0.15) is 6.54 Å². The summed E-state index contributed by atoms with van der Waals surface area (Å²) in [6.07, 6.45) is 3.32. The molecule has 1 aromatic heterocycles. The lowest BCUT2D eigenvalue weighted by Crippen LogP contribution is -2.22. The second kappa shape index (κ2) is 5.34. The van der Waals surface area contributed by atoms with E-state index in [0.29, 0.717) is 4.91 Å². The Balaban J connectivity index is 2.10. The van der Waals surface area contributed by atoms with E-state index in [1.54, 1.807) is 16.8 Å². The summed E-state index contributed by atoms with van der Waals surface area (Å²) in [5, 5.41) is 9.51. The quantitative estimate of drug-likeness (QED) is 0.880. The number of imide groups is 1. The molecule has 0 atom stereocenters. The molecule has 0 spiro atoms. The van der Waals surface area contributed by atoms with Gasteiger partial charge in [0.15, 0.2) is 0 Å². The van der Waals surface area contributed by atoms with Crippen LogP contribution in [0.1, 0.15) is 5.56 Å². The summed E-state index contributed by atoms with van der Waals surface area (Å²) in [4.78, 5) is 35.9. The number of carbonyl (C=O) groups is 3. The van der Waals surface area contributed by atoms with Crippen LogP contribution in [0, 0.1) is 0 Å². The van der Waals surface area contributed by atoms with Gasteiger partial charge in [0.25, 0.3) is 11.1 Å². The van der Waals surface area contributed by atoms with Crippen LogP contribution in [-0.2, 0) is 16.1 Å². The molecule has 2 aromatic rings. The lowest BCUT2D eigenvalue weighted by molar-refractivity contribution is -0.137. The number of amides is 2. The molecule has 3 rings (SSSR count). The van der Waals surface area contributed by atoms with Crippen molar-refractivity contribution in [3.63, 3.8) is 0 Å². The SMILES string of the molecule is CN1C(=O)S/C(=C\c2cn(CC(=O)O)c3ccccc23)C1=O. The highest BCUT2D eigenvalue weighted by Crippen LogP contribution is 2.33. The Labute approximate surface area is 130 Å². The molecular formula is C15H12N2O4S.